The van der Waals surface area contributed by atoms with Crippen LogP contribution < -0.4 is 0 Å². The smallest absolute Gasteiger partial charge is 0.217 e. The van der Waals surface area contributed by atoms with Gasteiger partial charge in [-0.3, -0.25) is 4.79 Å². The number of carbonyl (C=O) groups excluding carboxylic acids is 1. The molecule has 1 unspecified atom stereocenters. The van der Waals surface area contributed by atoms with Gasteiger partial charge in [0.05, 0.1) is 5.56 Å². The highest BCUT2D eigenvalue weighted by molar-refractivity contribution is 7.98. The molecule has 1 aromatic carbocycles. The molecule has 0 radical (unpaired) electrons. The van der Waals surface area contributed by atoms with Gasteiger partial charge in [-0.05, 0) is 25.5 Å². The van der Waals surface area contributed by atoms with Crippen molar-refractivity contribution in [2.75, 3.05) is 11.5 Å². The molecule has 2 rings (SSSR count). The Morgan fingerprint density at radius 3 is 2.93 bits per heavy atom. The molecule has 0 aliphatic carbocycles. The molecule has 0 N–H and O–H groups in total. The largest absolute Gasteiger partial charge is 0.289 e. The maximum absolute atomic E-state index is 11.8. The van der Waals surface area contributed by atoms with Crippen molar-refractivity contribution in [2.45, 2.75) is 31.6 Å². The van der Waals surface area contributed by atoms with E-state index in [4.69, 9.17) is 0 Å². The molecular weight excluding hydrogens is 204 g/mol. The first kappa shape index (κ1) is 10.7. The van der Waals surface area contributed by atoms with Crippen LogP contribution in [0.2, 0.25) is 0 Å². The van der Waals surface area contributed by atoms with Crippen LogP contribution in [-0.4, -0.2) is 17.3 Å². The summed E-state index contributed by atoms with van der Waals surface area (Å²) in [6, 6.07) is 6.34. The Labute approximate surface area is 94.2 Å². The van der Waals surface area contributed by atoms with Crippen molar-refractivity contribution in [3.05, 3.63) is 29.3 Å². The highest BCUT2D eigenvalue weighted by Crippen LogP contribution is 2.29. The van der Waals surface area contributed by atoms with Crippen LogP contribution in [0.25, 0.3) is 0 Å². The maximum atomic E-state index is 11.8. The van der Waals surface area contributed by atoms with E-state index >= 15 is 0 Å². The first-order chi connectivity index (χ1) is 7.22. The van der Waals surface area contributed by atoms with E-state index in [1.807, 2.05) is 0 Å². The molecule has 1 aliphatic heterocycles. The quantitative estimate of drug-likeness (QED) is 0.717. The van der Waals surface area contributed by atoms with Gasteiger partial charge in [-0.1, -0.05) is 25.0 Å². The van der Waals surface area contributed by atoms with Crippen molar-refractivity contribution < 1.29 is 4.79 Å². The molecule has 0 amide bonds. The lowest BCUT2D eigenvalue weighted by Crippen LogP contribution is -2.09. The third kappa shape index (κ3) is 2.10. The van der Waals surface area contributed by atoms with E-state index in [0.29, 0.717) is 5.78 Å². The number of hydrogen-bond donors (Lipinski definition) is 0. The molecule has 1 nitrogen and oxygen atoms in total. The second kappa shape index (κ2) is 4.40. The number of rotatable bonds is 3. The zero-order valence-electron chi connectivity index (χ0n) is 9.38. The number of benzene rings is 1. The van der Waals surface area contributed by atoms with Gasteiger partial charge >= 0.3 is 0 Å². The lowest BCUT2D eigenvalue weighted by molar-refractivity contribution is 0.102. The number of unbranched alkanes of at least 4 members (excludes halogenated alkanes) is 1. The van der Waals surface area contributed by atoms with Crippen LogP contribution in [-0.2, 0) is 10.9 Å². The highest BCUT2D eigenvalue weighted by Gasteiger charge is 2.37. The van der Waals surface area contributed by atoms with E-state index in [0.717, 1.165) is 11.3 Å². The van der Waals surface area contributed by atoms with Crippen LogP contribution in [0.1, 0.15) is 35.7 Å². The fourth-order valence-corrected chi connectivity index (χ4v) is 4.30. The standard InChI is InChI=1S/C13H17OS/c1-3-4-7-15-9-12(14)11-8-10(2)5-6-13(11)15/h5-6,8H,3-4,7,9H2,1-2H3/q+1. The van der Waals surface area contributed by atoms with Gasteiger partial charge in [0.2, 0.25) is 5.78 Å². The molecular formula is C13H17OS+. The van der Waals surface area contributed by atoms with Crippen molar-refractivity contribution >= 4 is 16.7 Å². The fraction of sp³-hybridized carbons (Fsp3) is 0.462. The zero-order chi connectivity index (χ0) is 10.8. The third-order valence-electron chi connectivity index (χ3n) is 2.80. The minimum atomic E-state index is 0.210. The van der Waals surface area contributed by atoms with Crippen molar-refractivity contribution in [3.8, 4) is 0 Å². The Bertz CT molecular complexity index is 384. The monoisotopic (exact) mass is 221 g/mol. The van der Waals surface area contributed by atoms with Crippen molar-refractivity contribution in [2.24, 2.45) is 0 Å². The minimum absolute atomic E-state index is 0.210. The summed E-state index contributed by atoms with van der Waals surface area (Å²) in [6.45, 7) is 4.26. The Morgan fingerprint density at radius 2 is 2.20 bits per heavy atom. The van der Waals surface area contributed by atoms with E-state index < -0.39 is 0 Å². The number of hydrogen-bond acceptors (Lipinski definition) is 1. The van der Waals surface area contributed by atoms with Gasteiger partial charge in [0.25, 0.3) is 0 Å². The molecule has 0 saturated heterocycles. The summed E-state index contributed by atoms with van der Waals surface area (Å²) in [6.07, 6.45) is 2.46. The second-order valence-electron chi connectivity index (χ2n) is 4.12. The van der Waals surface area contributed by atoms with Crippen molar-refractivity contribution in [1.29, 1.82) is 0 Å². The first-order valence-electron chi connectivity index (χ1n) is 5.53. The summed E-state index contributed by atoms with van der Waals surface area (Å²) in [5.41, 5.74) is 2.19. The predicted molar refractivity (Wildman–Crippen MR) is 65.8 cm³/mol. The molecule has 0 fully saturated rings. The van der Waals surface area contributed by atoms with Gasteiger partial charge < -0.3 is 0 Å². The molecule has 15 heavy (non-hydrogen) atoms. The molecule has 2 heteroatoms. The summed E-state index contributed by atoms with van der Waals surface area (Å²) in [5, 5.41) is 0. The van der Waals surface area contributed by atoms with E-state index in [2.05, 4.69) is 32.0 Å². The van der Waals surface area contributed by atoms with Crippen LogP contribution >= 0.6 is 0 Å². The number of ketones is 1. The van der Waals surface area contributed by atoms with E-state index in [1.54, 1.807) is 0 Å². The lowest BCUT2D eigenvalue weighted by atomic mass is 10.1. The number of aryl methyl sites for hydroxylation is 1. The molecule has 1 atom stereocenters. The number of carbonyl (C=O) groups is 1. The average Bonchev–Trinajstić information content (AvgIpc) is 2.53. The van der Waals surface area contributed by atoms with E-state index in [-0.39, 0.29) is 10.9 Å². The summed E-state index contributed by atoms with van der Waals surface area (Å²) < 4.78 is 0. The Hall–Kier alpha value is -0.760. The van der Waals surface area contributed by atoms with Crippen LogP contribution in [0.15, 0.2) is 23.1 Å². The SMILES string of the molecule is CCCC[S+]1CC(=O)c2cc(C)ccc21. The molecule has 1 aliphatic rings. The third-order valence-corrected chi connectivity index (χ3v) is 5.17. The number of fused-ring (bicyclic) bond motifs is 1. The second-order valence-corrected chi connectivity index (χ2v) is 6.24. The van der Waals surface area contributed by atoms with Crippen LogP contribution in [0, 0.1) is 6.92 Å². The Balaban J connectivity index is 2.26. The number of Topliss-reactive ketones (excluding diaryl/α,β-unsaturated/α-hetero) is 1. The van der Waals surface area contributed by atoms with Crippen molar-refractivity contribution in [1.82, 2.24) is 0 Å². The molecule has 0 bridgehead atoms. The first-order valence-corrected chi connectivity index (χ1v) is 7.10. The van der Waals surface area contributed by atoms with Gasteiger partial charge in [0.1, 0.15) is 5.75 Å². The van der Waals surface area contributed by atoms with Gasteiger partial charge in [-0.15, -0.1) is 0 Å². The van der Waals surface area contributed by atoms with E-state index in [1.165, 1.54) is 29.1 Å². The lowest BCUT2D eigenvalue weighted by Gasteiger charge is -2.00. The van der Waals surface area contributed by atoms with Gasteiger partial charge in [-0.25, -0.2) is 0 Å². The summed E-state index contributed by atoms with van der Waals surface area (Å²) in [7, 11) is 0.210. The molecule has 0 aromatic heterocycles. The molecule has 1 heterocycles. The summed E-state index contributed by atoms with van der Waals surface area (Å²) in [5.74, 6) is 2.31. The van der Waals surface area contributed by atoms with Gasteiger partial charge in [-0.2, -0.15) is 0 Å². The summed E-state index contributed by atoms with van der Waals surface area (Å²) in [4.78, 5) is 13.1. The van der Waals surface area contributed by atoms with Gasteiger partial charge in [0.15, 0.2) is 10.6 Å². The van der Waals surface area contributed by atoms with Crippen LogP contribution in [0.4, 0.5) is 0 Å². The molecule has 0 saturated carbocycles. The molecule has 80 valence electrons. The Morgan fingerprint density at radius 1 is 1.40 bits per heavy atom. The minimum Gasteiger partial charge on any atom is -0.289 e. The maximum Gasteiger partial charge on any atom is 0.217 e. The molecule has 1 aromatic rings. The molecule has 0 spiro atoms. The van der Waals surface area contributed by atoms with Crippen molar-refractivity contribution in [3.63, 3.8) is 0 Å². The van der Waals surface area contributed by atoms with Crippen LogP contribution in [0.5, 0.6) is 0 Å². The normalized spacial score (nSPS) is 19.3. The summed E-state index contributed by atoms with van der Waals surface area (Å²) >= 11 is 0. The van der Waals surface area contributed by atoms with Crippen LogP contribution in [0.3, 0.4) is 0 Å². The predicted octanol–water partition coefficient (Wildman–Crippen LogP) is 2.97. The Kier molecular flexibility index (Phi) is 3.15. The van der Waals surface area contributed by atoms with E-state index in [9.17, 15) is 4.79 Å². The average molecular weight is 221 g/mol. The fourth-order valence-electron chi connectivity index (χ4n) is 1.93. The zero-order valence-corrected chi connectivity index (χ0v) is 10.2. The highest BCUT2D eigenvalue weighted by atomic mass is 32.2. The van der Waals surface area contributed by atoms with Gasteiger partial charge in [0, 0.05) is 10.9 Å². The topological polar surface area (TPSA) is 17.1 Å².